The maximum Gasteiger partial charge on any atom is 0.257 e. The maximum atomic E-state index is 12.5. The van der Waals surface area contributed by atoms with Crippen LogP contribution in [0.4, 0.5) is 5.13 Å². The number of pyridine rings is 1. The number of carbonyl (C=O) groups excluding carboxylic acids is 1. The summed E-state index contributed by atoms with van der Waals surface area (Å²) in [6.07, 6.45) is 1.73. The molecule has 0 saturated carbocycles. The topological polar surface area (TPSA) is 73.3 Å². The number of anilines is 1. The first-order chi connectivity index (χ1) is 12.6. The van der Waals surface area contributed by atoms with Crippen molar-refractivity contribution >= 4 is 22.4 Å². The zero-order valence-electron chi connectivity index (χ0n) is 14.7. The molecule has 0 bridgehead atoms. The van der Waals surface area contributed by atoms with Gasteiger partial charge in [0.1, 0.15) is 5.69 Å². The van der Waals surface area contributed by atoms with Gasteiger partial charge in [-0.25, -0.2) is 4.98 Å². The summed E-state index contributed by atoms with van der Waals surface area (Å²) in [5.41, 5.74) is 1.96. The summed E-state index contributed by atoms with van der Waals surface area (Å²) in [5.74, 6) is 0.853. The molecule has 0 spiro atoms. The Labute approximate surface area is 155 Å². The number of aromatic nitrogens is 2. The summed E-state index contributed by atoms with van der Waals surface area (Å²) in [7, 11) is 1.55. The third-order valence-electron chi connectivity index (χ3n) is 3.44. The fourth-order valence-electron chi connectivity index (χ4n) is 2.29. The van der Waals surface area contributed by atoms with Crippen molar-refractivity contribution < 1.29 is 14.3 Å². The van der Waals surface area contributed by atoms with E-state index in [1.807, 2.05) is 37.4 Å². The van der Waals surface area contributed by atoms with E-state index in [9.17, 15) is 4.79 Å². The minimum absolute atomic E-state index is 0.0175. The highest BCUT2D eigenvalue weighted by Crippen LogP contribution is 2.30. The van der Waals surface area contributed by atoms with Gasteiger partial charge in [-0.2, -0.15) is 0 Å². The number of hydrogen-bond donors (Lipinski definition) is 1. The Kier molecular flexibility index (Phi) is 5.48. The van der Waals surface area contributed by atoms with Crippen LogP contribution in [-0.2, 0) is 0 Å². The van der Waals surface area contributed by atoms with Crippen LogP contribution in [-0.4, -0.2) is 29.1 Å². The lowest BCUT2D eigenvalue weighted by Gasteiger charge is -2.14. The minimum Gasteiger partial charge on any atom is -0.493 e. The van der Waals surface area contributed by atoms with Crippen LogP contribution in [0.25, 0.3) is 11.4 Å². The highest BCUT2D eigenvalue weighted by atomic mass is 32.1. The van der Waals surface area contributed by atoms with E-state index in [0.717, 1.165) is 11.4 Å². The van der Waals surface area contributed by atoms with Crippen molar-refractivity contribution in [1.82, 2.24) is 9.97 Å². The second kappa shape index (κ2) is 7.97. The van der Waals surface area contributed by atoms with Crippen molar-refractivity contribution in [3.8, 4) is 22.9 Å². The van der Waals surface area contributed by atoms with Gasteiger partial charge in [0, 0.05) is 17.1 Å². The molecule has 6 nitrogen and oxygen atoms in total. The number of rotatable bonds is 6. The van der Waals surface area contributed by atoms with E-state index in [1.54, 1.807) is 31.5 Å². The number of nitrogens with one attached hydrogen (secondary N) is 1. The molecule has 2 heterocycles. The molecule has 7 heteroatoms. The van der Waals surface area contributed by atoms with Crippen molar-refractivity contribution in [3.05, 3.63) is 53.5 Å². The van der Waals surface area contributed by atoms with Crippen molar-refractivity contribution in [3.63, 3.8) is 0 Å². The van der Waals surface area contributed by atoms with Gasteiger partial charge in [0.25, 0.3) is 5.91 Å². The van der Waals surface area contributed by atoms with Gasteiger partial charge in [0.15, 0.2) is 16.6 Å². The van der Waals surface area contributed by atoms with E-state index in [4.69, 9.17) is 9.47 Å². The molecular formula is C19H19N3O3S. The normalized spacial score (nSPS) is 10.6. The molecular weight excluding hydrogens is 350 g/mol. The third kappa shape index (κ3) is 4.18. The van der Waals surface area contributed by atoms with Gasteiger partial charge in [-0.15, -0.1) is 11.3 Å². The number of hydrogen-bond acceptors (Lipinski definition) is 6. The van der Waals surface area contributed by atoms with E-state index < -0.39 is 0 Å². The van der Waals surface area contributed by atoms with Gasteiger partial charge < -0.3 is 9.47 Å². The van der Waals surface area contributed by atoms with Crippen LogP contribution in [0.15, 0.2) is 48.0 Å². The lowest BCUT2D eigenvalue weighted by molar-refractivity contribution is 0.102. The Morgan fingerprint density at radius 3 is 2.69 bits per heavy atom. The van der Waals surface area contributed by atoms with Crippen LogP contribution in [0.1, 0.15) is 24.2 Å². The maximum absolute atomic E-state index is 12.5. The highest BCUT2D eigenvalue weighted by Gasteiger charge is 2.14. The lowest BCUT2D eigenvalue weighted by atomic mass is 10.2. The Hall–Kier alpha value is -2.93. The second-order valence-electron chi connectivity index (χ2n) is 5.74. The van der Waals surface area contributed by atoms with Crippen molar-refractivity contribution in [2.24, 2.45) is 0 Å². The quantitative estimate of drug-likeness (QED) is 0.703. The Morgan fingerprint density at radius 1 is 1.15 bits per heavy atom. The minimum atomic E-state index is -0.263. The molecule has 2 aromatic heterocycles. The van der Waals surface area contributed by atoms with Gasteiger partial charge >= 0.3 is 0 Å². The van der Waals surface area contributed by atoms with Gasteiger partial charge in [-0.1, -0.05) is 6.07 Å². The predicted molar refractivity (Wildman–Crippen MR) is 102 cm³/mol. The number of ether oxygens (including phenoxy) is 2. The molecule has 26 heavy (non-hydrogen) atoms. The summed E-state index contributed by atoms with van der Waals surface area (Å²) in [6, 6.07) is 10.7. The second-order valence-corrected chi connectivity index (χ2v) is 6.60. The molecule has 1 amide bonds. The van der Waals surface area contributed by atoms with Crippen molar-refractivity contribution in [1.29, 1.82) is 0 Å². The number of carbonyl (C=O) groups is 1. The smallest absolute Gasteiger partial charge is 0.257 e. The SMILES string of the molecule is COc1cc(C(=O)Nc2nc(-c3ccccn3)cs2)ccc1OC(C)C. The standard InChI is InChI=1S/C19H19N3O3S/c1-12(2)25-16-8-7-13(10-17(16)24-3)18(23)22-19-21-15(11-26-19)14-6-4-5-9-20-14/h4-12H,1-3H3,(H,21,22,23). The van der Waals surface area contributed by atoms with Crippen LogP contribution < -0.4 is 14.8 Å². The van der Waals surface area contributed by atoms with Crippen molar-refractivity contribution in [2.75, 3.05) is 12.4 Å². The molecule has 134 valence electrons. The molecule has 1 N–H and O–H groups in total. The van der Waals surface area contributed by atoms with Gasteiger partial charge in [-0.05, 0) is 44.2 Å². The highest BCUT2D eigenvalue weighted by molar-refractivity contribution is 7.14. The Morgan fingerprint density at radius 2 is 2.00 bits per heavy atom. The summed E-state index contributed by atoms with van der Waals surface area (Å²) < 4.78 is 11.0. The number of thiazole rings is 1. The first-order valence-electron chi connectivity index (χ1n) is 8.10. The van der Waals surface area contributed by atoms with Gasteiger partial charge in [-0.3, -0.25) is 15.1 Å². The lowest BCUT2D eigenvalue weighted by Crippen LogP contribution is -2.12. The monoisotopic (exact) mass is 369 g/mol. The molecule has 0 aliphatic rings. The zero-order valence-corrected chi connectivity index (χ0v) is 15.5. The van der Waals surface area contributed by atoms with E-state index in [2.05, 4.69) is 15.3 Å². The predicted octanol–water partition coefficient (Wildman–Crippen LogP) is 4.25. The Balaban J connectivity index is 1.75. The molecule has 1 aromatic carbocycles. The number of amides is 1. The zero-order chi connectivity index (χ0) is 18.5. The first-order valence-corrected chi connectivity index (χ1v) is 8.97. The molecule has 0 unspecified atom stereocenters. The van der Waals surface area contributed by atoms with E-state index >= 15 is 0 Å². The van der Waals surface area contributed by atoms with E-state index in [-0.39, 0.29) is 12.0 Å². The average Bonchev–Trinajstić information content (AvgIpc) is 3.10. The van der Waals surface area contributed by atoms with Crippen LogP contribution in [0.2, 0.25) is 0 Å². The summed E-state index contributed by atoms with van der Waals surface area (Å²) >= 11 is 1.35. The van der Waals surface area contributed by atoms with Gasteiger partial charge in [0.2, 0.25) is 0 Å². The summed E-state index contributed by atoms with van der Waals surface area (Å²) in [4.78, 5) is 21.2. The van der Waals surface area contributed by atoms with Crippen LogP contribution in [0, 0.1) is 0 Å². The third-order valence-corrected chi connectivity index (χ3v) is 4.20. The van der Waals surface area contributed by atoms with Crippen LogP contribution in [0.5, 0.6) is 11.5 Å². The van der Waals surface area contributed by atoms with Crippen LogP contribution in [0.3, 0.4) is 0 Å². The molecule has 3 rings (SSSR count). The summed E-state index contributed by atoms with van der Waals surface area (Å²) in [5, 5.41) is 5.17. The fraction of sp³-hybridized carbons (Fsp3) is 0.211. The molecule has 0 saturated heterocycles. The first kappa shape index (κ1) is 17.9. The Bertz CT molecular complexity index is 894. The van der Waals surface area contributed by atoms with E-state index in [1.165, 1.54) is 11.3 Å². The molecule has 3 aromatic rings. The molecule has 0 atom stereocenters. The van der Waals surface area contributed by atoms with Crippen molar-refractivity contribution in [2.45, 2.75) is 20.0 Å². The number of benzene rings is 1. The largest absolute Gasteiger partial charge is 0.493 e. The average molecular weight is 369 g/mol. The van der Waals surface area contributed by atoms with Gasteiger partial charge in [0.05, 0.1) is 18.9 Å². The molecule has 0 radical (unpaired) electrons. The van der Waals surface area contributed by atoms with Crippen LogP contribution >= 0.6 is 11.3 Å². The fourth-order valence-corrected chi connectivity index (χ4v) is 2.99. The molecule has 0 aliphatic carbocycles. The number of nitrogens with zero attached hydrogens (tertiary/aromatic N) is 2. The van der Waals surface area contributed by atoms with E-state index in [0.29, 0.717) is 22.2 Å². The molecule has 0 aliphatic heterocycles. The molecule has 0 fully saturated rings. The number of methoxy groups -OCH3 is 1. The summed E-state index contributed by atoms with van der Waals surface area (Å²) in [6.45, 7) is 3.86.